The second-order valence-corrected chi connectivity index (χ2v) is 11.0. The predicted molar refractivity (Wildman–Crippen MR) is 135 cm³/mol. The van der Waals surface area contributed by atoms with Crippen molar-refractivity contribution < 1.29 is 14.0 Å². The van der Waals surface area contributed by atoms with Crippen LogP contribution in [0.4, 0.5) is 0 Å². The van der Waals surface area contributed by atoms with E-state index in [9.17, 15) is 4.57 Å². The van der Waals surface area contributed by atoms with Crippen molar-refractivity contribution in [1.82, 2.24) is 4.98 Å². The zero-order valence-corrected chi connectivity index (χ0v) is 18.9. The summed E-state index contributed by atoms with van der Waals surface area (Å²) in [5.74, 6) is 2.38. The van der Waals surface area contributed by atoms with Crippen molar-refractivity contribution in [3.05, 3.63) is 109 Å². The standard InChI is InChI=1S/C29H18NO3P/c31-34-27-14-5-3-12-23(27)32-25-17-19(18-26(29(25)34)33-24-13-4-6-15-28(24)34)20-9-1-2-10-21(20)22-11-7-8-16-30-22/h1-18H. The number of nitrogens with zero attached hydrogens (tertiary/aromatic N) is 1. The number of para-hydroxylation sites is 2. The van der Waals surface area contributed by atoms with Crippen molar-refractivity contribution in [3.63, 3.8) is 0 Å². The lowest BCUT2D eigenvalue weighted by Crippen LogP contribution is -2.35. The minimum absolute atomic E-state index is 0.569. The maximum absolute atomic E-state index is 14.9. The Bertz CT molecular complexity index is 1570. The van der Waals surface area contributed by atoms with Gasteiger partial charge >= 0.3 is 0 Å². The highest BCUT2D eigenvalue weighted by molar-refractivity contribution is 7.86. The van der Waals surface area contributed by atoms with Gasteiger partial charge in [-0.15, -0.1) is 0 Å². The van der Waals surface area contributed by atoms with Crippen molar-refractivity contribution in [2.24, 2.45) is 0 Å². The number of pyridine rings is 1. The molecule has 2 aliphatic heterocycles. The Kier molecular flexibility index (Phi) is 4.08. The van der Waals surface area contributed by atoms with Gasteiger partial charge in [0.05, 0.1) is 16.3 Å². The van der Waals surface area contributed by atoms with Gasteiger partial charge in [-0.1, -0.05) is 54.6 Å². The lowest BCUT2D eigenvalue weighted by atomic mass is 9.97. The highest BCUT2D eigenvalue weighted by atomic mass is 31.2. The summed E-state index contributed by atoms with van der Waals surface area (Å²) in [4.78, 5) is 4.55. The van der Waals surface area contributed by atoms with Crippen LogP contribution in [0.5, 0.6) is 23.0 Å². The molecule has 5 heteroatoms. The van der Waals surface area contributed by atoms with E-state index in [1.807, 2.05) is 91.0 Å². The van der Waals surface area contributed by atoms with Crippen LogP contribution in [-0.4, -0.2) is 4.98 Å². The van der Waals surface area contributed by atoms with Crippen molar-refractivity contribution in [2.75, 3.05) is 0 Å². The summed E-state index contributed by atoms with van der Waals surface area (Å²) in [6.07, 6.45) is 1.79. The largest absolute Gasteiger partial charge is 0.456 e. The van der Waals surface area contributed by atoms with E-state index in [0.29, 0.717) is 38.9 Å². The summed E-state index contributed by atoms with van der Waals surface area (Å²) in [6.45, 7) is 0. The molecule has 0 radical (unpaired) electrons. The Balaban J connectivity index is 1.51. The molecule has 4 aromatic carbocycles. The smallest absolute Gasteiger partial charge is 0.185 e. The van der Waals surface area contributed by atoms with Crippen LogP contribution in [0.25, 0.3) is 22.4 Å². The third-order valence-electron chi connectivity index (χ3n) is 6.38. The Hall–Kier alpha value is -4.14. The van der Waals surface area contributed by atoms with Gasteiger partial charge in [-0.2, -0.15) is 0 Å². The van der Waals surface area contributed by atoms with Crippen LogP contribution in [-0.2, 0) is 4.57 Å². The van der Waals surface area contributed by atoms with Crippen LogP contribution in [0, 0.1) is 0 Å². The minimum Gasteiger partial charge on any atom is -0.456 e. The SMILES string of the molecule is O=P12c3ccccc3Oc3cc(-c4ccccc4-c4ccccn4)cc(c31)Oc1ccccc12. The summed E-state index contributed by atoms with van der Waals surface area (Å²) >= 11 is 0. The molecule has 0 bridgehead atoms. The molecule has 0 atom stereocenters. The van der Waals surface area contributed by atoms with Crippen LogP contribution in [0.3, 0.4) is 0 Å². The normalized spacial score (nSPS) is 14.1. The fourth-order valence-corrected chi connectivity index (χ4v) is 7.93. The van der Waals surface area contributed by atoms with E-state index in [1.165, 1.54) is 0 Å². The van der Waals surface area contributed by atoms with E-state index >= 15 is 0 Å². The highest BCUT2D eigenvalue weighted by Gasteiger charge is 2.46. The van der Waals surface area contributed by atoms with Gasteiger partial charge in [0.25, 0.3) is 0 Å². The third-order valence-corrected chi connectivity index (χ3v) is 9.55. The summed E-state index contributed by atoms with van der Waals surface area (Å²) in [5, 5.41) is 2.05. The molecule has 2 aliphatic rings. The molecule has 1 aromatic heterocycles. The van der Waals surface area contributed by atoms with Crippen molar-refractivity contribution in [1.29, 1.82) is 0 Å². The van der Waals surface area contributed by atoms with E-state index in [0.717, 1.165) is 22.4 Å². The van der Waals surface area contributed by atoms with Gasteiger partial charge in [0.15, 0.2) is 7.14 Å². The second-order valence-electron chi connectivity index (χ2n) is 8.33. The third kappa shape index (κ3) is 2.66. The minimum atomic E-state index is -3.16. The number of hydrogen-bond donors (Lipinski definition) is 0. The summed E-state index contributed by atoms with van der Waals surface area (Å²) in [6, 6.07) is 33.1. The molecular weight excluding hydrogens is 441 g/mol. The van der Waals surface area contributed by atoms with Crippen molar-refractivity contribution >= 4 is 23.1 Å². The molecule has 7 rings (SSSR count). The summed E-state index contributed by atoms with van der Waals surface area (Å²) in [7, 11) is -3.16. The molecule has 0 fully saturated rings. The summed E-state index contributed by atoms with van der Waals surface area (Å²) < 4.78 is 27.6. The predicted octanol–water partition coefficient (Wildman–Crippen LogP) is 6.27. The van der Waals surface area contributed by atoms with Gasteiger partial charge in [-0.05, 0) is 59.7 Å². The van der Waals surface area contributed by atoms with Crippen LogP contribution in [0.1, 0.15) is 0 Å². The number of hydrogen-bond acceptors (Lipinski definition) is 4. The van der Waals surface area contributed by atoms with Crippen LogP contribution < -0.4 is 25.4 Å². The molecule has 4 nitrogen and oxygen atoms in total. The zero-order valence-electron chi connectivity index (χ0n) is 18.0. The first-order valence-corrected chi connectivity index (χ1v) is 12.8. The van der Waals surface area contributed by atoms with Gasteiger partial charge < -0.3 is 14.0 Å². The van der Waals surface area contributed by atoms with E-state index < -0.39 is 7.14 Å². The molecule has 0 N–H and O–H groups in total. The lowest BCUT2D eigenvalue weighted by Gasteiger charge is -2.34. The first-order valence-electron chi connectivity index (χ1n) is 11.1. The topological polar surface area (TPSA) is 48.4 Å². The first kappa shape index (κ1) is 19.3. The van der Waals surface area contributed by atoms with Crippen molar-refractivity contribution in [2.45, 2.75) is 0 Å². The molecule has 34 heavy (non-hydrogen) atoms. The molecule has 162 valence electrons. The molecule has 0 aliphatic carbocycles. The van der Waals surface area contributed by atoms with E-state index in [4.69, 9.17) is 9.47 Å². The number of benzene rings is 4. The molecule has 0 unspecified atom stereocenters. The summed E-state index contributed by atoms with van der Waals surface area (Å²) in [5.41, 5.74) is 3.80. The molecule has 0 saturated heterocycles. The van der Waals surface area contributed by atoms with Gasteiger partial charge in [0, 0.05) is 11.8 Å². The first-order chi connectivity index (χ1) is 16.7. The quantitative estimate of drug-likeness (QED) is 0.286. The molecule has 0 spiro atoms. The number of aromatic nitrogens is 1. The maximum atomic E-state index is 14.9. The monoisotopic (exact) mass is 459 g/mol. The number of rotatable bonds is 2. The molecule has 5 aromatic rings. The Morgan fingerprint density at radius 3 is 1.76 bits per heavy atom. The molecular formula is C29H18NO3P. The Labute approximate surface area is 196 Å². The fraction of sp³-hybridized carbons (Fsp3) is 0. The van der Waals surface area contributed by atoms with Gasteiger partial charge in [-0.25, -0.2) is 0 Å². The number of ether oxygens (including phenoxy) is 2. The van der Waals surface area contributed by atoms with Crippen molar-refractivity contribution in [3.8, 4) is 45.4 Å². The van der Waals surface area contributed by atoms with Crippen LogP contribution in [0.2, 0.25) is 0 Å². The van der Waals surface area contributed by atoms with Crippen LogP contribution in [0.15, 0.2) is 109 Å². The maximum Gasteiger partial charge on any atom is 0.185 e. The Morgan fingerprint density at radius 2 is 1.15 bits per heavy atom. The fourth-order valence-electron chi connectivity index (χ4n) is 4.90. The Morgan fingerprint density at radius 1 is 0.588 bits per heavy atom. The van der Waals surface area contributed by atoms with Gasteiger partial charge in [0.1, 0.15) is 28.3 Å². The average molecular weight is 459 g/mol. The molecule has 3 heterocycles. The average Bonchev–Trinajstić information content (AvgIpc) is 2.89. The number of fused-ring (bicyclic) bond motifs is 4. The zero-order chi connectivity index (χ0) is 22.7. The van der Waals surface area contributed by atoms with Gasteiger partial charge in [0.2, 0.25) is 0 Å². The van der Waals surface area contributed by atoms with E-state index in [-0.39, 0.29) is 0 Å². The second kappa shape index (κ2) is 7.18. The van der Waals surface area contributed by atoms with E-state index in [1.54, 1.807) is 6.20 Å². The molecule has 0 saturated carbocycles. The lowest BCUT2D eigenvalue weighted by molar-refractivity contribution is 0.462. The van der Waals surface area contributed by atoms with Gasteiger partial charge in [-0.3, -0.25) is 4.98 Å². The van der Waals surface area contributed by atoms with Crippen LogP contribution >= 0.6 is 7.14 Å². The molecule has 0 amide bonds. The van der Waals surface area contributed by atoms with E-state index in [2.05, 4.69) is 17.1 Å². The highest BCUT2D eigenvalue weighted by Crippen LogP contribution is 2.58.